The van der Waals surface area contributed by atoms with E-state index in [0.717, 1.165) is 11.7 Å². The average molecular weight is 393 g/mol. The molecule has 0 heterocycles. The van der Waals surface area contributed by atoms with Gasteiger partial charge < -0.3 is 0 Å². The Bertz CT molecular complexity index is 986. The quantitative estimate of drug-likeness (QED) is 0.342. The number of hydrogen-bond donors (Lipinski definition) is 0. The Kier molecular flexibility index (Phi) is 5.74. The summed E-state index contributed by atoms with van der Waals surface area (Å²) in [7, 11) is -1.85. The summed E-state index contributed by atoms with van der Waals surface area (Å²) in [5.41, 5.74) is 3.68. The average Bonchev–Trinajstić information content (AvgIpc) is 2.79. The second-order valence-electron chi connectivity index (χ2n) is 7.46. The molecule has 0 aliphatic heterocycles. The maximum atomic E-state index is 4.15. The van der Waals surface area contributed by atoms with Crippen LogP contribution < -0.4 is 15.9 Å². The van der Waals surface area contributed by atoms with Crippen LogP contribution in [0.2, 0.25) is 0 Å². The Morgan fingerprint density at radius 3 is 1.48 bits per heavy atom. The van der Waals surface area contributed by atoms with E-state index in [0.29, 0.717) is 0 Å². The van der Waals surface area contributed by atoms with E-state index in [-0.39, 0.29) is 0 Å². The van der Waals surface area contributed by atoms with E-state index in [2.05, 4.69) is 129 Å². The minimum absolute atomic E-state index is 0.992. The molecule has 0 amide bonds. The number of hydrogen-bond acceptors (Lipinski definition) is 0. The van der Waals surface area contributed by atoms with Gasteiger partial charge in [0.1, 0.15) is 23.2 Å². The van der Waals surface area contributed by atoms with Gasteiger partial charge in [0, 0.05) is 0 Å². The first-order valence-electron chi connectivity index (χ1n) is 10.00. The summed E-state index contributed by atoms with van der Waals surface area (Å²) in [6.07, 6.45) is 0.992. The van der Waals surface area contributed by atoms with Crippen LogP contribution in [-0.4, -0.2) is 0 Å². The SMILES string of the molecule is C=C(C)c1cccc(C[P+](c2ccccc2)(c2ccccc2)c2ccccc2)c1. The highest BCUT2D eigenvalue weighted by molar-refractivity contribution is 7.95. The van der Waals surface area contributed by atoms with E-state index in [1.165, 1.54) is 27.0 Å². The van der Waals surface area contributed by atoms with E-state index in [4.69, 9.17) is 0 Å². The molecule has 142 valence electrons. The van der Waals surface area contributed by atoms with Gasteiger partial charge in [-0.25, -0.2) is 0 Å². The molecule has 0 radical (unpaired) electrons. The Balaban J connectivity index is 1.98. The zero-order valence-electron chi connectivity index (χ0n) is 16.8. The molecule has 0 fully saturated rings. The topological polar surface area (TPSA) is 0 Å². The van der Waals surface area contributed by atoms with Gasteiger partial charge in [0.05, 0.1) is 6.16 Å². The molecule has 0 N–H and O–H groups in total. The zero-order chi connectivity index (χ0) is 20.1. The first-order chi connectivity index (χ1) is 14.2. The molecule has 29 heavy (non-hydrogen) atoms. The van der Waals surface area contributed by atoms with Crippen molar-refractivity contribution < 1.29 is 0 Å². The molecule has 4 aromatic carbocycles. The zero-order valence-corrected chi connectivity index (χ0v) is 17.7. The van der Waals surface area contributed by atoms with Crippen LogP contribution in [0.5, 0.6) is 0 Å². The van der Waals surface area contributed by atoms with Crippen LogP contribution in [0.3, 0.4) is 0 Å². The highest BCUT2D eigenvalue weighted by Crippen LogP contribution is 2.58. The lowest BCUT2D eigenvalue weighted by Crippen LogP contribution is -2.32. The van der Waals surface area contributed by atoms with Crippen LogP contribution in [0, 0.1) is 0 Å². The first kappa shape index (κ1) is 19.4. The normalized spacial score (nSPS) is 11.2. The molecule has 0 saturated heterocycles. The predicted molar refractivity (Wildman–Crippen MR) is 130 cm³/mol. The third-order valence-corrected chi connectivity index (χ3v) is 9.81. The summed E-state index contributed by atoms with van der Waals surface area (Å²) in [6, 6.07) is 42.0. The van der Waals surface area contributed by atoms with E-state index in [9.17, 15) is 0 Å². The molecule has 4 rings (SSSR count). The fourth-order valence-electron chi connectivity index (χ4n) is 3.98. The van der Waals surface area contributed by atoms with Gasteiger partial charge in [-0.2, -0.15) is 0 Å². The third kappa shape index (κ3) is 3.95. The number of allylic oxidation sites excluding steroid dienone is 1. The molecular formula is C28H26P+. The van der Waals surface area contributed by atoms with Crippen LogP contribution in [0.25, 0.3) is 5.57 Å². The van der Waals surface area contributed by atoms with Crippen LogP contribution in [0.15, 0.2) is 122 Å². The summed E-state index contributed by atoms with van der Waals surface area (Å²) in [4.78, 5) is 0. The summed E-state index contributed by atoms with van der Waals surface area (Å²) >= 11 is 0. The Hall–Kier alpha value is -2.95. The van der Waals surface area contributed by atoms with Crippen LogP contribution in [-0.2, 0) is 6.16 Å². The summed E-state index contributed by atoms with van der Waals surface area (Å²) in [5, 5.41) is 4.24. The second kappa shape index (κ2) is 8.60. The van der Waals surface area contributed by atoms with Gasteiger partial charge in [-0.1, -0.05) is 84.9 Å². The summed E-state index contributed by atoms with van der Waals surface area (Å²) in [6.45, 7) is 6.22. The highest BCUT2D eigenvalue weighted by Gasteiger charge is 2.45. The monoisotopic (exact) mass is 393 g/mol. The molecule has 0 aromatic heterocycles. The lowest BCUT2D eigenvalue weighted by Gasteiger charge is -2.28. The van der Waals surface area contributed by atoms with E-state index in [1.807, 2.05) is 0 Å². The van der Waals surface area contributed by atoms with Gasteiger partial charge in [0.15, 0.2) is 0 Å². The fourth-order valence-corrected chi connectivity index (χ4v) is 8.21. The van der Waals surface area contributed by atoms with Crippen molar-refractivity contribution in [1.29, 1.82) is 0 Å². The van der Waals surface area contributed by atoms with Crippen molar-refractivity contribution in [2.45, 2.75) is 13.1 Å². The molecule has 0 nitrogen and oxygen atoms in total. The van der Waals surface area contributed by atoms with Crippen LogP contribution >= 0.6 is 7.26 Å². The molecule has 0 aliphatic carbocycles. The van der Waals surface area contributed by atoms with Crippen molar-refractivity contribution in [3.63, 3.8) is 0 Å². The lowest BCUT2D eigenvalue weighted by atomic mass is 10.1. The van der Waals surface area contributed by atoms with Gasteiger partial charge in [0.25, 0.3) is 0 Å². The molecule has 0 spiro atoms. The Morgan fingerprint density at radius 2 is 1.07 bits per heavy atom. The smallest absolute Gasteiger partial charge is 0.0955 e. The van der Waals surface area contributed by atoms with Gasteiger partial charge in [-0.05, 0) is 60.5 Å². The van der Waals surface area contributed by atoms with E-state index >= 15 is 0 Å². The second-order valence-corrected chi connectivity index (χ2v) is 10.9. The molecular weight excluding hydrogens is 367 g/mol. The summed E-state index contributed by atoms with van der Waals surface area (Å²) in [5.74, 6) is 0. The highest BCUT2D eigenvalue weighted by atomic mass is 31.2. The van der Waals surface area contributed by atoms with Crippen molar-refractivity contribution in [2.75, 3.05) is 0 Å². The molecule has 0 aliphatic rings. The predicted octanol–water partition coefficient (Wildman–Crippen LogP) is 6.21. The molecule has 1 heteroatoms. The molecule has 0 unspecified atom stereocenters. The van der Waals surface area contributed by atoms with Gasteiger partial charge >= 0.3 is 0 Å². The van der Waals surface area contributed by atoms with Crippen LogP contribution in [0.1, 0.15) is 18.1 Å². The first-order valence-corrected chi connectivity index (χ1v) is 12.0. The van der Waals surface area contributed by atoms with Gasteiger partial charge in [0.2, 0.25) is 0 Å². The Labute approximate surface area is 174 Å². The van der Waals surface area contributed by atoms with Crippen molar-refractivity contribution in [1.82, 2.24) is 0 Å². The molecule has 4 aromatic rings. The van der Waals surface area contributed by atoms with Crippen molar-refractivity contribution in [2.24, 2.45) is 0 Å². The maximum Gasteiger partial charge on any atom is 0.116 e. The van der Waals surface area contributed by atoms with E-state index in [1.54, 1.807) is 0 Å². The number of rotatable bonds is 6. The number of benzene rings is 4. The van der Waals surface area contributed by atoms with Gasteiger partial charge in [-0.3, -0.25) is 0 Å². The largest absolute Gasteiger partial charge is 0.116 e. The van der Waals surface area contributed by atoms with Crippen LogP contribution in [0.4, 0.5) is 0 Å². The minimum Gasteiger partial charge on any atom is -0.0955 e. The third-order valence-electron chi connectivity index (χ3n) is 5.43. The van der Waals surface area contributed by atoms with E-state index < -0.39 is 7.26 Å². The summed E-state index contributed by atoms with van der Waals surface area (Å²) < 4.78 is 0. The standard InChI is InChI=1S/C28H26P/c1-23(2)25-14-12-13-24(21-25)22-29(26-15-6-3-7-16-26,27-17-8-4-9-18-27)28-19-10-5-11-20-28/h3-21H,1,22H2,2H3/q+1. The lowest BCUT2D eigenvalue weighted by molar-refractivity contribution is 1.37. The molecule has 0 bridgehead atoms. The van der Waals surface area contributed by atoms with Crippen molar-refractivity contribution in [3.05, 3.63) is 133 Å². The molecule has 0 atom stereocenters. The minimum atomic E-state index is -1.85. The maximum absolute atomic E-state index is 4.15. The van der Waals surface area contributed by atoms with Crippen molar-refractivity contribution >= 4 is 28.7 Å². The Morgan fingerprint density at radius 1 is 0.621 bits per heavy atom. The van der Waals surface area contributed by atoms with Crippen molar-refractivity contribution in [3.8, 4) is 0 Å². The van der Waals surface area contributed by atoms with Gasteiger partial charge in [-0.15, -0.1) is 0 Å². The molecule has 0 saturated carbocycles. The fraction of sp³-hybridized carbons (Fsp3) is 0.0714.